The number of primary amides is 1. The average Bonchev–Trinajstić information content (AvgIpc) is 2.56. The normalized spacial score (nSPS) is 24.2. The van der Waals surface area contributed by atoms with Crippen molar-refractivity contribution in [2.45, 2.75) is 6.92 Å². The van der Waals surface area contributed by atoms with Crippen LogP contribution < -0.4 is 11.1 Å². The van der Waals surface area contributed by atoms with Crippen molar-refractivity contribution in [3.8, 4) is 0 Å². The van der Waals surface area contributed by atoms with E-state index in [9.17, 15) is 14.4 Å². The van der Waals surface area contributed by atoms with Crippen LogP contribution in [0.15, 0.2) is 0 Å². The van der Waals surface area contributed by atoms with E-state index < -0.39 is 23.8 Å². The van der Waals surface area contributed by atoms with Gasteiger partial charge in [-0.2, -0.15) is 0 Å². The van der Waals surface area contributed by atoms with Crippen LogP contribution in [0, 0.1) is 11.8 Å². The number of carbonyl (C=O) groups excluding carboxylic acids is 2. The molecule has 1 aliphatic rings. The van der Waals surface area contributed by atoms with Gasteiger partial charge in [-0.15, -0.1) is 0 Å². The number of hydrogen-bond acceptors (Lipinski definition) is 3. The van der Waals surface area contributed by atoms with Gasteiger partial charge < -0.3 is 21.1 Å². The molecule has 16 heavy (non-hydrogen) atoms. The molecule has 1 saturated heterocycles. The van der Waals surface area contributed by atoms with Crippen molar-refractivity contribution >= 4 is 17.9 Å². The molecule has 2 atom stereocenters. The Morgan fingerprint density at radius 3 is 2.50 bits per heavy atom. The molecule has 1 fully saturated rings. The Balaban J connectivity index is 2.48. The van der Waals surface area contributed by atoms with Gasteiger partial charge in [0.15, 0.2) is 0 Å². The van der Waals surface area contributed by atoms with Crippen LogP contribution in [0.5, 0.6) is 0 Å². The molecule has 2 unspecified atom stereocenters. The summed E-state index contributed by atoms with van der Waals surface area (Å²) in [5.74, 6) is -2.16. The number of aliphatic carboxylic acids is 1. The molecule has 1 rings (SSSR count). The lowest BCUT2D eigenvalue weighted by atomic mass is 9.99. The Kier molecular flexibility index (Phi) is 3.70. The number of nitrogens with two attached hydrogens (primary N) is 1. The lowest BCUT2D eigenvalue weighted by Gasteiger charge is -2.15. The summed E-state index contributed by atoms with van der Waals surface area (Å²) in [7, 11) is 0. The fourth-order valence-electron chi connectivity index (χ4n) is 1.73. The number of nitrogens with one attached hydrogen (secondary N) is 1. The average molecular weight is 229 g/mol. The third-order valence-electron chi connectivity index (χ3n) is 2.63. The van der Waals surface area contributed by atoms with Crippen molar-refractivity contribution in [3.05, 3.63) is 0 Å². The fourth-order valence-corrected chi connectivity index (χ4v) is 1.73. The Morgan fingerprint density at radius 1 is 1.44 bits per heavy atom. The van der Waals surface area contributed by atoms with Crippen molar-refractivity contribution < 1.29 is 19.5 Å². The van der Waals surface area contributed by atoms with E-state index >= 15 is 0 Å². The van der Waals surface area contributed by atoms with Crippen molar-refractivity contribution in [1.82, 2.24) is 10.2 Å². The molecular formula is C9H15N3O4. The number of carboxylic acids is 1. The molecule has 4 N–H and O–H groups in total. The summed E-state index contributed by atoms with van der Waals surface area (Å²) in [6.45, 7) is 2.09. The largest absolute Gasteiger partial charge is 0.481 e. The van der Waals surface area contributed by atoms with Crippen molar-refractivity contribution in [2.75, 3.05) is 19.6 Å². The molecule has 7 nitrogen and oxygen atoms in total. The van der Waals surface area contributed by atoms with Crippen LogP contribution >= 0.6 is 0 Å². The number of rotatable bonds is 3. The standard InChI is InChI=1S/C9H15N3O4/c1-5-3-12(4-6(5)8(14)15)9(16)11-2-7(10)13/h5-6H,2-4H2,1H3,(H2,10,13)(H,11,16)(H,14,15). The highest BCUT2D eigenvalue weighted by Gasteiger charge is 2.36. The van der Waals surface area contributed by atoms with Gasteiger partial charge in [0.25, 0.3) is 0 Å². The van der Waals surface area contributed by atoms with Crippen LogP contribution in [0.3, 0.4) is 0 Å². The second-order valence-electron chi connectivity index (χ2n) is 3.95. The van der Waals surface area contributed by atoms with E-state index in [1.807, 2.05) is 0 Å². The van der Waals surface area contributed by atoms with Gasteiger partial charge in [0, 0.05) is 13.1 Å². The zero-order valence-electron chi connectivity index (χ0n) is 8.97. The van der Waals surface area contributed by atoms with Crippen molar-refractivity contribution in [2.24, 2.45) is 17.6 Å². The quantitative estimate of drug-likeness (QED) is 0.566. The van der Waals surface area contributed by atoms with Gasteiger partial charge in [0.05, 0.1) is 12.5 Å². The topological polar surface area (TPSA) is 113 Å². The van der Waals surface area contributed by atoms with E-state index in [2.05, 4.69) is 5.32 Å². The molecule has 0 aromatic rings. The van der Waals surface area contributed by atoms with Gasteiger partial charge in [-0.3, -0.25) is 9.59 Å². The van der Waals surface area contributed by atoms with Crippen LogP contribution in [0.1, 0.15) is 6.92 Å². The molecule has 0 aromatic carbocycles. The maximum absolute atomic E-state index is 11.5. The molecule has 0 bridgehead atoms. The van der Waals surface area contributed by atoms with Gasteiger partial charge in [-0.1, -0.05) is 6.92 Å². The summed E-state index contributed by atoms with van der Waals surface area (Å²) in [5.41, 5.74) is 4.88. The van der Waals surface area contributed by atoms with Crippen LogP contribution in [0.25, 0.3) is 0 Å². The minimum absolute atomic E-state index is 0.0863. The number of likely N-dealkylation sites (tertiary alicyclic amines) is 1. The molecule has 0 spiro atoms. The van der Waals surface area contributed by atoms with E-state index in [1.54, 1.807) is 6.92 Å². The first-order valence-corrected chi connectivity index (χ1v) is 4.95. The predicted octanol–water partition coefficient (Wildman–Crippen LogP) is -1.17. The third kappa shape index (κ3) is 2.85. The third-order valence-corrected chi connectivity index (χ3v) is 2.63. The number of carboxylic acid groups (broad SMARTS) is 1. The minimum atomic E-state index is -0.905. The number of hydrogen-bond donors (Lipinski definition) is 3. The highest BCUT2D eigenvalue weighted by molar-refractivity contribution is 5.83. The van der Waals surface area contributed by atoms with E-state index in [0.29, 0.717) is 6.54 Å². The second-order valence-corrected chi connectivity index (χ2v) is 3.95. The zero-order valence-corrected chi connectivity index (χ0v) is 8.97. The van der Waals surface area contributed by atoms with E-state index in [0.717, 1.165) is 0 Å². The minimum Gasteiger partial charge on any atom is -0.481 e. The molecule has 1 heterocycles. The molecular weight excluding hydrogens is 214 g/mol. The highest BCUT2D eigenvalue weighted by atomic mass is 16.4. The summed E-state index contributed by atoms with van der Waals surface area (Å²) in [4.78, 5) is 34.1. The van der Waals surface area contributed by atoms with Crippen LogP contribution in [0.4, 0.5) is 4.79 Å². The van der Waals surface area contributed by atoms with Gasteiger partial charge >= 0.3 is 12.0 Å². The number of nitrogens with zero attached hydrogens (tertiary/aromatic N) is 1. The maximum Gasteiger partial charge on any atom is 0.317 e. The summed E-state index contributed by atoms with van der Waals surface area (Å²) in [6, 6.07) is -0.450. The molecule has 0 saturated carbocycles. The van der Waals surface area contributed by atoms with Gasteiger partial charge in [0.1, 0.15) is 0 Å². The Bertz CT molecular complexity index is 318. The number of urea groups is 1. The fraction of sp³-hybridized carbons (Fsp3) is 0.667. The lowest BCUT2D eigenvalue weighted by Crippen LogP contribution is -2.42. The van der Waals surface area contributed by atoms with Crippen molar-refractivity contribution in [1.29, 1.82) is 0 Å². The Hall–Kier alpha value is -1.79. The first-order valence-electron chi connectivity index (χ1n) is 4.95. The lowest BCUT2D eigenvalue weighted by molar-refractivity contribution is -0.142. The smallest absolute Gasteiger partial charge is 0.317 e. The van der Waals surface area contributed by atoms with Crippen LogP contribution in [-0.4, -0.2) is 47.5 Å². The van der Waals surface area contributed by atoms with Crippen molar-refractivity contribution in [3.63, 3.8) is 0 Å². The molecule has 7 heteroatoms. The highest BCUT2D eigenvalue weighted by Crippen LogP contribution is 2.22. The maximum atomic E-state index is 11.5. The van der Waals surface area contributed by atoms with E-state index in [1.165, 1.54) is 4.90 Å². The monoisotopic (exact) mass is 229 g/mol. The van der Waals surface area contributed by atoms with Gasteiger partial charge in [-0.05, 0) is 5.92 Å². The summed E-state index contributed by atoms with van der Waals surface area (Å²) in [6.07, 6.45) is 0. The Labute approximate surface area is 92.6 Å². The van der Waals surface area contributed by atoms with E-state index in [4.69, 9.17) is 10.8 Å². The molecule has 1 aliphatic heterocycles. The number of carbonyl (C=O) groups is 3. The molecule has 0 aromatic heterocycles. The van der Waals surface area contributed by atoms with Crippen LogP contribution in [-0.2, 0) is 9.59 Å². The summed E-state index contributed by atoms with van der Waals surface area (Å²) >= 11 is 0. The zero-order chi connectivity index (χ0) is 12.3. The molecule has 3 amide bonds. The van der Waals surface area contributed by atoms with Crippen LogP contribution in [0.2, 0.25) is 0 Å². The SMILES string of the molecule is CC1CN(C(=O)NCC(N)=O)CC1C(=O)O. The van der Waals surface area contributed by atoms with E-state index in [-0.39, 0.29) is 19.0 Å². The first kappa shape index (κ1) is 12.3. The Morgan fingerprint density at radius 2 is 2.06 bits per heavy atom. The molecule has 90 valence electrons. The van der Waals surface area contributed by atoms with Gasteiger partial charge in [-0.25, -0.2) is 4.79 Å². The predicted molar refractivity (Wildman–Crippen MR) is 54.5 cm³/mol. The number of amides is 3. The summed E-state index contributed by atoms with van der Waals surface area (Å²) in [5, 5.41) is 11.2. The molecule has 0 radical (unpaired) electrons. The first-order chi connectivity index (χ1) is 7.41. The second kappa shape index (κ2) is 4.82. The van der Waals surface area contributed by atoms with Gasteiger partial charge in [0.2, 0.25) is 5.91 Å². The molecule has 0 aliphatic carbocycles. The summed E-state index contributed by atoms with van der Waals surface area (Å²) < 4.78 is 0.